The lowest BCUT2D eigenvalue weighted by Crippen LogP contribution is -2.06. The molecule has 0 radical (unpaired) electrons. The quantitative estimate of drug-likeness (QED) is 0.881. The van der Waals surface area contributed by atoms with Gasteiger partial charge in [0.05, 0.1) is 0 Å². The molecule has 0 spiro atoms. The van der Waals surface area contributed by atoms with E-state index in [2.05, 4.69) is 4.98 Å². The van der Waals surface area contributed by atoms with Gasteiger partial charge in [-0.2, -0.15) is 0 Å². The Bertz CT molecular complexity index is 302. The van der Waals surface area contributed by atoms with Gasteiger partial charge in [-0.15, -0.1) is 7.77 Å². The van der Waals surface area contributed by atoms with Crippen LogP contribution >= 0.6 is 0 Å². The molecule has 0 bridgehead atoms. The molecule has 1 aromatic heterocycles. The summed E-state index contributed by atoms with van der Waals surface area (Å²) in [6, 6.07) is 0. The molecule has 7 heteroatoms. The summed E-state index contributed by atoms with van der Waals surface area (Å²) in [6.07, 6.45) is 3.80. The molecule has 15 heavy (non-hydrogen) atoms. The van der Waals surface area contributed by atoms with Gasteiger partial charge in [0.25, 0.3) is 11.5 Å². The number of ether oxygens (including phenoxy) is 1. The summed E-state index contributed by atoms with van der Waals surface area (Å²) in [5.41, 5.74) is 0. The maximum atomic E-state index is 10.0. The number of hydrogen-bond donors (Lipinski definition) is 1. The molecule has 0 aliphatic rings. The molecule has 0 aliphatic carbocycles. The van der Waals surface area contributed by atoms with Crippen LogP contribution < -0.4 is 0 Å². The van der Waals surface area contributed by atoms with Gasteiger partial charge in [0.2, 0.25) is 0 Å². The minimum absolute atomic E-state index is 0.0972. The molecule has 1 N–H and O–H groups in total. The van der Waals surface area contributed by atoms with Crippen molar-refractivity contribution in [2.45, 2.75) is 20.0 Å². The van der Waals surface area contributed by atoms with Crippen molar-refractivity contribution >= 4 is 11.5 Å². The Labute approximate surface area is 90.8 Å². The highest BCUT2D eigenvalue weighted by Gasteiger charge is 2.08. The zero-order valence-corrected chi connectivity index (χ0v) is 9.72. The summed E-state index contributed by atoms with van der Waals surface area (Å²) in [5.74, 6) is 0.979. The molecule has 0 saturated carbocycles. The first kappa shape index (κ1) is 14.2. The highest BCUT2D eigenvalue weighted by Crippen LogP contribution is 2.12. The van der Waals surface area contributed by atoms with Gasteiger partial charge >= 0.3 is 0 Å². The molecule has 0 aromatic carbocycles. The summed E-state index contributed by atoms with van der Waals surface area (Å²) >= 11 is -3.11. The standard InChI is InChI=1S/C8H14N2O.F2HNS/c1-4-11-7(2)8-9-5-6-10(8)3;1-4(2)3/h5-7H,4H2,1-3H3;3H. The van der Waals surface area contributed by atoms with Gasteiger partial charge in [-0.1, -0.05) is 0 Å². The SMILES string of the molecule is CCOC(C)c1nccn1C.N=S(F)F. The van der Waals surface area contributed by atoms with E-state index < -0.39 is 11.5 Å². The van der Waals surface area contributed by atoms with Crippen molar-refractivity contribution in [1.29, 1.82) is 4.78 Å². The monoisotopic (exact) mass is 239 g/mol. The zero-order chi connectivity index (χ0) is 11.8. The number of nitrogens with zero attached hydrogens (tertiary/aromatic N) is 2. The Morgan fingerprint density at radius 2 is 2.20 bits per heavy atom. The maximum Gasteiger partial charge on any atom is 0.258 e. The normalized spacial score (nSPS) is 12.1. The fourth-order valence-corrected chi connectivity index (χ4v) is 1.09. The van der Waals surface area contributed by atoms with Crippen LogP contribution in [0.3, 0.4) is 0 Å². The van der Waals surface area contributed by atoms with E-state index >= 15 is 0 Å². The zero-order valence-electron chi connectivity index (χ0n) is 8.91. The van der Waals surface area contributed by atoms with Crippen molar-refractivity contribution in [3.8, 4) is 0 Å². The van der Waals surface area contributed by atoms with Crippen molar-refractivity contribution < 1.29 is 12.5 Å². The van der Waals surface area contributed by atoms with E-state index in [0.29, 0.717) is 0 Å². The minimum Gasteiger partial charge on any atom is -0.371 e. The van der Waals surface area contributed by atoms with Crippen molar-refractivity contribution in [3.05, 3.63) is 18.2 Å². The number of halogens is 2. The number of aromatic nitrogens is 2. The van der Waals surface area contributed by atoms with Gasteiger partial charge in [-0.3, -0.25) is 0 Å². The van der Waals surface area contributed by atoms with E-state index in [1.807, 2.05) is 31.7 Å². The van der Waals surface area contributed by atoms with Gasteiger partial charge in [0.1, 0.15) is 11.9 Å². The van der Waals surface area contributed by atoms with E-state index in [4.69, 9.17) is 9.52 Å². The van der Waals surface area contributed by atoms with Crippen molar-refractivity contribution in [2.75, 3.05) is 6.61 Å². The van der Waals surface area contributed by atoms with E-state index in [-0.39, 0.29) is 6.10 Å². The van der Waals surface area contributed by atoms with Crippen LogP contribution in [0, 0.1) is 4.78 Å². The first-order chi connectivity index (χ1) is 6.99. The number of imidazole rings is 1. The summed E-state index contributed by atoms with van der Waals surface area (Å²) in [4.78, 5) is 4.17. The Balaban J connectivity index is 0.000000423. The fourth-order valence-electron chi connectivity index (χ4n) is 1.09. The number of hydrogen-bond acceptors (Lipinski definition) is 3. The largest absolute Gasteiger partial charge is 0.371 e. The summed E-state index contributed by atoms with van der Waals surface area (Å²) < 4.78 is 32.7. The molecule has 0 aliphatic heterocycles. The van der Waals surface area contributed by atoms with Crippen molar-refractivity contribution in [2.24, 2.45) is 7.05 Å². The van der Waals surface area contributed by atoms with E-state index in [0.717, 1.165) is 12.4 Å². The molecular formula is C8H15F2N3OS. The number of rotatable bonds is 3. The van der Waals surface area contributed by atoms with Crippen LogP contribution in [0.25, 0.3) is 0 Å². The lowest BCUT2D eigenvalue weighted by molar-refractivity contribution is 0.0682. The highest BCUT2D eigenvalue weighted by molar-refractivity contribution is 7.75. The molecule has 4 nitrogen and oxygen atoms in total. The van der Waals surface area contributed by atoms with Crippen LogP contribution in [0.5, 0.6) is 0 Å². The Morgan fingerprint density at radius 1 is 1.67 bits per heavy atom. The molecule has 0 fully saturated rings. The smallest absolute Gasteiger partial charge is 0.258 e. The van der Waals surface area contributed by atoms with Gasteiger partial charge in [-0.25, -0.2) is 9.76 Å². The molecule has 1 heterocycles. The second-order valence-corrected chi connectivity index (χ2v) is 3.13. The molecule has 1 unspecified atom stereocenters. The summed E-state index contributed by atoms with van der Waals surface area (Å²) in [7, 11) is 1.97. The summed E-state index contributed by atoms with van der Waals surface area (Å²) in [6.45, 7) is 4.72. The second kappa shape index (κ2) is 7.47. The average molecular weight is 239 g/mol. The lowest BCUT2D eigenvalue weighted by Gasteiger charge is -2.10. The highest BCUT2D eigenvalue weighted by atomic mass is 32.2. The average Bonchev–Trinajstić information content (AvgIpc) is 2.50. The van der Waals surface area contributed by atoms with Crippen LogP contribution in [-0.2, 0) is 23.2 Å². The molecule has 88 valence electrons. The molecule has 1 aromatic rings. The fraction of sp³-hybridized carbons (Fsp3) is 0.625. The van der Waals surface area contributed by atoms with Crippen molar-refractivity contribution in [3.63, 3.8) is 0 Å². The van der Waals surface area contributed by atoms with Crippen LogP contribution in [-0.4, -0.2) is 16.2 Å². The maximum absolute atomic E-state index is 10.0. The molecule has 0 saturated heterocycles. The van der Waals surface area contributed by atoms with Gasteiger partial charge in [0, 0.05) is 26.0 Å². The van der Waals surface area contributed by atoms with Gasteiger partial charge < -0.3 is 9.30 Å². The Hall–Kier alpha value is -0.820. The van der Waals surface area contributed by atoms with Crippen LogP contribution in [0.2, 0.25) is 0 Å². The van der Waals surface area contributed by atoms with E-state index in [9.17, 15) is 7.77 Å². The Kier molecular flexibility index (Phi) is 7.06. The third-order valence-corrected chi connectivity index (χ3v) is 1.64. The third kappa shape index (κ3) is 6.29. The van der Waals surface area contributed by atoms with E-state index in [1.54, 1.807) is 6.20 Å². The topological polar surface area (TPSA) is 50.9 Å². The van der Waals surface area contributed by atoms with Gasteiger partial charge in [-0.05, 0) is 13.8 Å². The van der Waals surface area contributed by atoms with Crippen LogP contribution in [0.15, 0.2) is 12.4 Å². The third-order valence-electron chi connectivity index (χ3n) is 1.64. The lowest BCUT2D eigenvalue weighted by atomic mass is 10.4. The van der Waals surface area contributed by atoms with E-state index in [1.165, 1.54) is 0 Å². The Morgan fingerprint density at radius 3 is 2.53 bits per heavy atom. The molecule has 1 rings (SSSR count). The second-order valence-electron chi connectivity index (χ2n) is 2.71. The predicted octanol–water partition coefficient (Wildman–Crippen LogP) is 2.65. The predicted molar refractivity (Wildman–Crippen MR) is 55.5 cm³/mol. The number of nitrogens with one attached hydrogen (secondary N) is 1. The number of aryl methyl sites for hydroxylation is 1. The first-order valence-electron chi connectivity index (χ1n) is 4.35. The van der Waals surface area contributed by atoms with Gasteiger partial charge in [0.15, 0.2) is 0 Å². The van der Waals surface area contributed by atoms with Crippen LogP contribution in [0.1, 0.15) is 25.8 Å². The summed E-state index contributed by atoms with van der Waals surface area (Å²) in [5, 5.41) is 0. The molecule has 0 amide bonds. The van der Waals surface area contributed by atoms with Crippen LogP contribution in [0.4, 0.5) is 7.77 Å². The minimum atomic E-state index is -3.11. The molecule has 1 atom stereocenters. The molecular weight excluding hydrogens is 224 g/mol. The van der Waals surface area contributed by atoms with Crippen molar-refractivity contribution in [1.82, 2.24) is 9.55 Å². The first-order valence-corrected chi connectivity index (χ1v) is 5.38.